The average Bonchev–Trinajstić information content (AvgIpc) is 3.53. The van der Waals surface area contributed by atoms with E-state index in [0.717, 1.165) is 49.8 Å². The van der Waals surface area contributed by atoms with Crippen molar-refractivity contribution in [1.82, 2.24) is 25.3 Å². The van der Waals surface area contributed by atoms with E-state index in [0.29, 0.717) is 25.4 Å². The summed E-state index contributed by atoms with van der Waals surface area (Å²) in [5.41, 5.74) is 0.363. The van der Waals surface area contributed by atoms with Crippen molar-refractivity contribution in [2.24, 2.45) is 0 Å². The Labute approximate surface area is 212 Å². The molecule has 1 aliphatic heterocycles. The van der Waals surface area contributed by atoms with Crippen molar-refractivity contribution in [3.63, 3.8) is 0 Å². The van der Waals surface area contributed by atoms with E-state index >= 15 is 0 Å². The lowest BCUT2D eigenvalue weighted by molar-refractivity contribution is -0.133. The summed E-state index contributed by atoms with van der Waals surface area (Å²) in [6, 6.07) is 9.20. The summed E-state index contributed by atoms with van der Waals surface area (Å²) in [6.45, 7) is 7.40. The van der Waals surface area contributed by atoms with Crippen molar-refractivity contribution in [2.75, 3.05) is 13.2 Å². The van der Waals surface area contributed by atoms with Gasteiger partial charge < -0.3 is 20.3 Å². The molecule has 0 saturated heterocycles. The Kier molecular flexibility index (Phi) is 7.96. The molecule has 0 bridgehead atoms. The van der Waals surface area contributed by atoms with Gasteiger partial charge in [0.05, 0.1) is 13.2 Å². The number of hydrogen-bond acceptors (Lipinski definition) is 5. The molecule has 36 heavy (non-hydrogen) atoms. The smallest absolute Gasteiger partial charge is 0.273 e. The van der Waals surface area contributed by atoms with Crippen LogP contribution in [0.2, 0.25) is 0 Å². The van der Waals surface area contributed by atoms with E-state index in [4.69, 9.17) is 4.74 Å². The van der Waals surface area contributed by atoms with Crippen molar-refractivity contribution < 1.29 is 19.1 Å². The summed E-state index contributed by atoms with van der Waals surface area (Å²) in [5.74, 6) is -0.00495. The Balaban J connectivity index is 1.49. The first-order valence-electron chi connectivity index (χ1n) is 13.1. The summed E-state index contributed by atoms with van der Waals surface area (Å²) in [5, 5.41) is 10.5. The number of rotatable bonds is 10. The largest absolute Gasteiger partial charge is 0.494 e. The van der Waals surface area contributed by atoms with Crippen LogP contribution in [0, 0.1) is 0 Å². The van der Waals surface area contributed by atoms with Crippen LogP contribution < -0.4 is 15.4 Å². The Bertz CT molecular complexity index is 1090. The van der Waals surface area contributed by atoms with Gasteiger partial charge in [-0.1, -0.05) is 38.3 Å². The predicted octanol–water partition coefficient (Wildman–Crippen LogP) is 3.29. The van der Waals surface area contributed by atoms with Crippen LogP contribution in [0.4, 0.5) is 0 Å². The van der Waals surface area contributed by atoms with Gasteiger partial charge in [0.2, 0.25) is 5.91 Å². The molecule has 3 amide bonds. The van der Waals surface area contributed by atoms with Crippen LogP contribution in [0.15, 0.2) is 30.3 Å². The first-order chi connectivity index (χ1) is 17.4. The zero-order valence-electron chi connectivity index (χ0n) is 21.5. The third kappa shape index (κ3) is 5.39. The maximum atomic E-state index is 13.5. The molecule has 0 unspecified atom stereocenters. The normalized spacial score (nSPS) is 19.8. The zero-order chi connectivity index (χ0) is 25.7. The molecule has 9 nitrogen and oxygen atoms in total. The molecule has 1 aromatic carbocycles. The van der Waals surface area contributed by atoms with Crippen molar-refractivity contribution in [3.8, 4) is 5.75 Å². The summed E-state index contributed by atoms with van der Waals surface area (Å²) in [7, 11) is 0. The van der Waals surface area contributed by atoms with Gasteiger partial charge in [-0.25, -0.2) is 0 Å². The van der Waals surface area contributed by atoms with E-state index in [1.54, 1.807) is 11.8 Å². The Morgan fingerprint density at radius 3 is 2.56 bits per heavy atom. The molecule has 0 radical (unpaired) electrons. The van der Waals surface area contributed by atoms with Gasteiger partial charge in [0.25, 0.3) is 11.8 Å². The SMILES string of the molecule is CCCCN1C(=O)c2cc(C(=O)NCc3ccc(OCC)cc3)nn2C[C@@]1(C)C(=O)NC1CCCC1. The van der Waals surface area contributed by atoms with Crippen molar-refractivity contribution in [2.45, 2.75) is 84.0 Å². The van der Waals surface area contributed by atoms with Gasteiger partial charge in [-0.2, -0.15) is 5.10 Å². The summed E-state index contributed by atoms with van der Waals surface area (Å²) >= 11 is 0. The number of aromatic nitrogens is 2. The summed E-state index contributed by atoms with van der Waals surface area (Å²) in [6.07, 6.45) is 5.86. The van der Waals surface area contributed by atoms with Gasteiger partial charge in [0, 0.05) is 25.2 Å². The molecular formula is C27H37N5O4. The number of amides is 3. The van der Waals surface area contributed by atoms with Gasteiger partial charge in [-0.15, -0.1) is 0 Å². The highest BCUT2D eigenvalue weighted by atomic mass is 16.5. The highest BCUT2D eigenvalue weighted by molar-refractivity contribution is 6.01. The molecule has 2 N–H and O–H groups in total. The molecule has 9 heteroatoms. The second-order valence-electron chi connectivity index (χ2n) is 9.87. The summed E-state index contributed by atoms with van der Waals surface area (Å²) in [4.78, 5) is 41.5. The highest BCUT2D eigenvalue weighted by Crippen LogP contribution is 2.29. The van der Waals surface area contributed by atoms with Crippen molar-refractivity contribution in [3.05, 3.63) is 47.3 Å². The van der Waals surface area contributed by atoms with Crippen LogP contribution in [0.1, 0.15) is 85.8 Å². The van der Waals surface area contributed by atoms with E-state index in [9.17, 15) is 14.4 Å². The molecule has 0 spiro atoms. The van der Waals surface area contributed by atoms with Gasteiger partial charge in [-0.05, 0) is 50.8 Å². The Hall–Kier alpha value is -3.36. The zero-order valence-corrected chi connectivity index (χ0v) is 21.5. The predicted molar refractivity (Wildman–Crippen MR) is 136 cm³/mol. The van der Waals surface area contributed by atoms with E-state index in [1.165, 1.54) is 10.7 Å². The van der Waals surface area contributed by atoms with Crippen LogP contribution >= 0.6 is 0 Å². The molecule has 4 rings (SSSR count). The van der Waals surface area contributed by atoms with Crippen molar-refractivity contribution in [1.29, 1.82) is 0 Å². The second-order valence-corrected chi connectivity index (χ2v) is 9.87. The average molecular weight is 496 g/mol. The van der Waals surface area contributed by atoms with Crippen molar-refractivity contribution >= 4 is 17.7 Å². The van der Waals surface area contributed by atoms with E-state index in [2.05, 4.69) is 22.7 Å². The molecule has 1 saturated carbocycles. The number of benzene rings is 1. The van der Waals surface area contributed by atoms with E-state index in [1.807, 2.05) is 31.2 Å². The quantitative estimate of drug-likeness (QED) is 0.526. The van der Waals surface area contributed by atoms with Gasteiger partial charge in [-0.3, -0.25) is 19.1 Å². The maximum Gasteiger partial charge on any atom is 0.273 e. The van der Waals surface area contributed by atoms with Crippen LogP contribution in [0.5, 0.6) is 5.75 Å². The van der Waals surface area contributed by atoms with Gasteiger partial charge >= 0.3 is 0 Å². The molecule has 2 aliphatic rings. The number of nitrogens with zero attached hydrogens (tertiary/aromatic N) is 3. The maximum absolute atomic E-state index is 13.5. The lowest BCUT2D eigenvalue weighted by Crippen LogP contribution is -2.65. The molecular weight excluding hydrogens is 458 g/mol. The van der Waals surface area contributed by atoms with Crippen LogP contribution in [0.3, 0.4) is 0 Å². The molecule has 1 aromatic heterocycles. The fourth-order valence-electron chi connectivity index (χ4n) is 4.97. The van der Waals surface area contributed by atoms with Crippen LogP contribution in [-0.4, -0.2) is 57.1 Å². The monoisotopic (exact) mass is 495 g/mol. The summed E-state index contributed by atoms with van der Waals surface area (Å²) < 4.78 is 6.97. The first-order valence-corrected chi connectivity index (χ1v) is 13.1. The number of carbonyl (C=O) groups excluding carboxylic acids is 3. The lowest BCUT2D eigenvalue weighted by Gasteiger charge is -2.43. The second kappa shape index (κ2) is 11.1. The minimum absolute atomic E-state index is 0.151. The molecule has 1 fully saturated rings. The topological polar surface area (TPSA) is 106 Å². The van der Waals surface area contributed by atoms with Gasteiger partial charge in [0.15, 0.2) is 5.69 Å². The molecule has 194 valence electrons. The standard InChI is InChI=1S/C27H37N5O4/c1-4-6-15-31-25(34)23-16-22(24(33)28-17-19-11-13-21(14-12-19)36-5-2)30-32(23)18-27(31,3)26(35)29-20-9-7-8-10-20/h11-14,16,20H,4-10,15,17-18H2,1-3H3,(H,28,33)(H,29,35)/t27-/m0/s1. The number of nitrogens with one attached hydrogen (secondary N) is 2. The lowest BCUT2D eigenvalue weighted by atomic mass is 9.94. The van der Waals surface area contributed by atoms with Crippen LogP contribution in [-0.2, 0) is 17.9 Å². The highest BCUT2D eigenvalue weighted by Gasteiger charge is 2.48. The number of carbonyl (C=O) groups is 3. The minimum Gasteiger partial charge on any atom is -0.494 e. The molecule has 1 atom stereocenters. The molecule has 2 heterocycles. The number of fused-ring (bicyclic) bond motifs is 1. The van der Waals surface area contributed by atoms with E-state index in [-0.39, 0.29) is 36.0 Å². The van der Waals surface area contributed by atoms with E-state index < -0.39 is 5.54 Å². The Morgan fingerprint density at radius 1 is 1.17 bits per heavy atom. The number of ether oxygens (including phenoxy) is 1. The van der Waals surface area contributed by atoms with Gasteiger partial charge in [0.1, 0.15) is 17.0 Å². The fraction of sp³-hybridized carbons (Fsp3) is 0.556. The Morgan fingerprint density at radius 2 is 1.89 bits per heavy atom. The van der Waals surface area contributed by atoms with Crippen LogP contribution in [0.25, 0.3) is 0 Å². The minimum atomic E-state index is -1.07. The number of hydrogen-bond donors (Lipinski definition) is 2. The third-order valence-corrected chi connectivity index (χ3v) is 7.13. The third-order valence-electron chi connectivity index (χ3n) is 7.13. The first kappa shape index (κ1) is 25.7. The fourth-order valence-corrected chi connectivity index (χ4v) is 4.97. The molecule has 1 aliphatic carbocycles. The molecule has 2 aromatic rings. The number of unbranched alkanes of at least 4 members (excludes halogenated alkanes) is 1.